The molecular weight excluding hydrogens is 168 g/mol. The topological polar surface area (TPSA) is 0 Å². The van der Waals surface area contributed by atoms with Gasteiger partial charge in [0, 0.05) is 0 Å². The Hall–Kier alpha value is -0.794. The molecule has 0 amide bonds. The van der Waals surface area contributed by atoms with Crippen molar-refractivity contribution in [1.82, 2.24) is 0 Å². The standard InChI is InChI=1S/2C6H5.Mg/c2*1-2-4-6-5-3-1;/h2*1-5H;/q2*-1;+2. The van der Waals surface area contributed by atoms with Crippen molar-refractivity contribution in [3.05, 3.63) is 72.8 Å². The second kappa shape index (κ2) is 9.30. The van der Waals surface area contributed by atoms with Crippen LogP contribution in [0, 0.1) is 12.1 Å². The molecule has 13 heavy (non-hydrogen) atoms. The first-order valence-electron chi connectivity index (χ1n) is 3.82. The van der Waals surface area contributed by atoms with Crippen LogP contribution in [0.5, 0.6) is 0 Å². The molecule has 0 aromatic heterocycles. The Morgan fingerprint density at radius 1 is 0.462 bits per heavy atom. The zero-order chi connectivity index (χ0) is 8.49. The van der Waals surface area contributed by atoms with Crippen LogP contribution in [0.4, 0.5) is 0 Å². The minimum atomic E-state index is 0. The summed E-state index contributed by atoms with van der Waals surface area (Å²) in [5, 5.41) is 0. The maximum Gasteiger partial charge on any atom is 2.00 e. The molecule has 0 saturated heterocycles. The predicted molar refractivity (Wildman–Crippen MR) is 56.3 cm³/mol. The molecule has 0 spiro atoms. The number of benzene rings is 2. The van der Waals surface area contributed by atoms with E-state index in [1.165, 1.54) is 0 Å². The summed E-state index contributed by atoms with van der Waals surface area (Å²) in [7, 11) is 0. The molecule has 0 nitrogen and oxygen atoms in total. The van der Waals surface area contributed by atoms with Crippen molar-refractivity contribution in [2.24, 2.45) is 0 Å². The Labute approximate surface area is 95.8 Å². The van der Waals surface area contributed by atoms with Gasteiger partial charge in [-0.3, -0.25) is 0 Å². The van der Waals surface area contributed by atoms with E-state index in [4.69, 9.17) is 0 Å². The Morgan fingerprint density at radius 2 is 0.769 bits per heavy atom. The van der Waals surface area contributed by atoms with E-state index in [0.29, 0.717) is 0 Å². The van der Waals surface area contributed by atoms with Gasteiger partial charge in [0.15, 0.2) is 0 Å². The van der Waals surface area contributed by atoms with Crippen LogP contribution in [0.2, 0.25) is 0 Å². The van der Waals surface area contributed by atoms with E-state index in [2.05, 4.69) is 12.1 Å². The predicted octanol–water partition coefficient (Wildman–Crippen LogP) is 2.59. The summed E-state index contributed by atoms with van der Waals surface area (Å²) in [4.78, 5) is 0. The van der Waals surface area contributed by atoms with Crippen molar-refractivity contribution in [3.63, 3.8) is 0 Å². The van der Waals surface area contributed by atoms with Gasteiger partial charge in [-0.05, 0) is 0 Å². The fourth-order valence-electron chi connectivity index (χ4n) is 0.684. The fourth-order valence-corrected chi connectivity index (χ4v) is 0.684. The van der Waals surface area contributed by atoms with Crippen molar-refractivity contribution < 1.29 is 0 Å². The average Bonchev–Trinajstić information content (AvgIpc) is 2.24. The molecule has 60 valence electrons. The molecule has 1 heteroatoms. The molecule has 0 aliphatic heterocycles. The monoisotopic (exact) mass is 178 g/mol. The van der Waals surface area contributed by atoms with Gasteiger partial charge in [-0.2, -0.15) is 72.8 Å². The summed E-state index contributed by atoms with van der Waals surface area (Å²) >= 11 is 0. The second-order valence-electron chi connectivity index (χ2n) is 2.15. The van der Waals surface area contributed by atoms with E-state index in [0.717, 1.165) is 0 Å². The van der Waals surface area contributed by atoms with Crippen LogP contribution >= 0.6 is 0 Å². The maximum atomic E-state index is 2.89. The molecule has 0 radical (unpaired) electrons. The van der Waals surface area contributed by atoms with Crippen LogP contribution in [-0.2, 0) is 0 Å². The first-order chi connectivity index (χ1) is 6.00. The number of hydrogen-bond donors (Lipinski definition) is 0. The normalized spacial score (nSPS) is 7.38. The van der Waals surface area contributed by atoms with E-state index in [1.807, 2.05) is 60.7 Å². The zero-order valence-corrected chi connectivity index (χ0v) is 8.89. The molecule has 2 aromatic carbocycles. The molecule has 0 atom stereocenters. The molecule has 2 aromatic rings. The molecular formula is C12H10Mg. The summed E-state index contributed by atoms with van der Waals surface area (Å²) in [6.07, 6.45) is 0. The third-order valence-electron chi connectivity index (χ3n) is 1.21. The Balaban J connectivity index is 0.000000206. The Morgan fingerprint density at radius 3 is 0.846 bits per heavy atom. The van der Waals surface area contributed by atoms with Gasteiger partial charge in [0.1, 0.15) is 0 Å². The molecule has 0 aliphatic carbocycles. The Kier molecular flexibility index (Phi) is 8.73. The smallest absolute Gasteiger partial charge is 0.184 e. The fraction of sp³-hybridized carbons (Fsp3) is 0. The van der Waals surface area contributed by atoms with E-state index in [1.54, 1.807) is 0 Å². The van der Waals surface area contributed by atoms with Crippen molar-refractivity contribution >= 4 is 23.1 Å². The van der Waals surface area contributed by atoms with Crippen LogP contribution in [-0.4, -0.2) is 23.1 Å². The van der Waals surface area contributed by atoms with Crippen molar-refractivity contribution in [2.75, 3.05) is 0 Å². The van der Waals surface area contributed by atoms with Gasteiger partial charge in [0.2, 0.25) is 0 Å². The van der Waals surface area contributed by atoms with Gasteiger partial charge in [-0.25, -0.2) is 0 Å². The third kappa shape index (κ3) is 7.56. The van der Waals surface area contributed by atoms with Gasteiger partial charge < -0.3 is 0 Å². The van der Waals surface area contributed by atoms with E-state index in [9.17, 15) is 0 Å². The van der Waals surface area contributed by atoms with Crippen molar-refractivity contribution in [3.8, 4) is 0 Å². The number of rotatable bonds is 0. The van der Waals surface area contributed by atoms with Gasteiger partial charge in [0.05, 0.1) is 0 Å². The van der Waals surface area contributed by atoms with Crippen molar-refractivity contribution in [1.29, 1.82) is 0 Å². The first-order valence-corrected chi connectivity index (χ1v) is 3.82. The molecule has 0 heterocycles. The molecule has 0 bridgehead atoms. The van der Waals surface area contributed by atoms with Crippen LogP contribution in [0.25, 0.3) is 0 Å². The van der Waals surface area contributed by atoms with E-state index < -0.39 is 0 Å². The molecule has 0 saturated carbocycles. The van der Waals surface area contributed by atoms with Gasteiger partial charge in [0.25, 0.3) is 0 Å². The van der Waals surface area contributed by atoms with Crippen LogP contribution in [0.15, 0.2) is 60.7 Å². The minimum absolute atomic E-state index is 0. The first kappa shape index (κ1) is 12.2. The largest absolute Gasteiger partial charge is 2.00 e. The SMILES string of the molecule is [Mg+2].[c-]1ccccc1.[c-]1ccccc1. The summed E-state index contributed by atoms with van der Waals surface area (Å²) in [6.45, 7) is 0. The summed E-state index contributed by atoms with van der Waals surface area (Å²) in [6, 6.07) is 25.0. The maximum absolute atomic E-state index is 2.89. The molecule has 0 N–H and O–H groups in total. The van der Waals surface area contributed by atoms with Crippen molar-refractivity contribution in [2.45, 2.75) is 0 Å². The third-order valence-corrected chi connectivity index (χ3v) is 1.21. The van der Waals surface area contributed by atoms with E-state index in [-0.39, 0.29) is 23.1 Å². The van der Waals surface area contributed by atoms with Gasteiger partial charge in [-0.15, -0.1) is 0 Å². The molecule has 0 aliphatic rings. The quantitative estimate of drug-likeness (QED) is 0.430. The molecule has 0 unspecified atom stereocenters. The van der Waals surface area contributed by atoms with Gasteiger partial charge in [-0.1, -0.05) is 0 Å². The minimum Gasteiger partial charge on any atom is -0.184 e. The van der Waals surface area contributed by atoms with Crippen LogP contribution in [0.3, 0.4) is 0 Å². The molecule has 0 fully saturated rings. The van der Waals surface area contributed by atoms with Crippen LogP contribution in [0.1, 0.15) is 0 Å². The summed E-state index contributed by atoms with van der Waals surface area (Å²) in [5.41, 5.74) is 0. The number of hydrogen-bond acceptors (Lipinski definition) is 0. The summed E-state index contributed by atoms with van der Waals surface area (Å²) in [5.74, 6) is 0. The molecule has 2 rings (SSSR count). The van der Waals surface area contributed by atoms with E-state index >= 15 is 0 Å². The summed E-state index contributed by atoms with van der Waals surface area (Å²) < 4.78 is 0. The zero-order valence-electron chi connectivity index (χ0n) is 7.48. The Bertz CT molecular complexity index is 181. The second-order valence-corrected chi connectivity index (χ2v) is 2.15. The van der Waals surface area contributed by atoms with Gasteiger partial charge >= 0.3 is 23.1 Å². The van der Waals surface area contributed by atoms with Crippen LogP contribution < -0.4 is 0 Å². The average molecular weight is 179 g/mol.